The maximum absolute atomic E-state index is 11.2. The smallest absolute Gasteiger partial charge is 0.249 e. The van der Waals surface area contributed by atoms with Gasteiger partial charge in [0.05, 0.1) is 15.6 Å². The Bertz CT molecular complexity index is 503. The van der Waals surface area contributed by atoms with Gasteiger partial charge < -0.3 is 11.5 Å². The maximum atomic E-state index is 11.2. The number of nitrogens with two attached hydrogens (primary N) is 2. The zero-order valence-electron chi connectivity index (χ0n) is 8.34. The Morgan fingerprint density at radius 2 is 1.53 bits per heavy atom. The molecule has 4 N–H and O–H groups in total. The average Bonchev–Trinajstić information content (AvgIpc) is 2.13. The molecule has 2 amide bonds. The van der Waals surface area contributed by atoms with Crippen LogP contribution in [0.4, 0.5) is 0 Å². The molecular weight excluding hydrogens is 286 g/mol. The molecule has 1 aromatic carbocycles. The molecule has 1 aromatic rings. The lowest BCUT2D eigenvalue weighted by Gasteiger charge is -2.08. The Balaban J connectivity index is 3.50. The third-order valence-corrected chi connectivity index (χ3v) is 2.64. The molecule has 0 saturated heterocycles. The van der Waals surface area contributed by atoms with Gasteiger partial charge in [0.25, 0.3) is 0 Å². The summed E-state index contributed by atoms with van der Waals surface area (Å²) >= 11 is 17.5. The fourth-order valence-electron chi connectivity index (χ4n) is 1.21. The van der Waals surface area contributed by atoms with E-state index in [1.165, 1.54) is 12.1 Å². The minimum Gasteiger partial charge on any atom is -0.366 e. The average molecular weight is 294 g/mol. The summed E-state index contributed by atoms with van der Waals surface area (Å²) < 4.78 is 0. The van der Waals surface area contributed by atoms with E-state index in [0.29, 0.717) is 5.02 Å². The van der Waals surface area contributed by atoms with Crippen molar-refractivity contribution in [2.45, 2.75) is 0 Å². The van der Waals surface area contributed by atoms with Crippen LogP contribution in [-0.2, 0) is 9.59 Å². The molecule has 0 bridgehead atoms. The molecule has 0 aliphatic heterocycles. The van der Waals surface area contributed by atoms with Gasteiger partial charge in [-0.05, 0) is 12.1 Å². The minimum atomic E-state index is -0.866. The molecule has 0 radical (unpaired) electrons. The van der Waals surface area contributed by atoms with Crippen LogP contribution in [0.2, 0.25) is 15.1 Å². The Morgan fingerprint density at radius 3 is 1.88 bits per heavy atom. The molecule has 0 atom stereocenters. The zero-order chi connectivity index (χ0) is 13.2. The van der Waals surface area contributed by atoms with E-state index >= 15 is 0 Å². The molecule has 0 saturated carbocycles. The van der Waals surface area contributed by atoms with Gasteiger partial charge in [-0.15, -0.1) is 0 Å². The third-order valence-electron chi connectivity index (χ3n) is 1.83. The monoisotopic (exact) mass is 292 g/mol. The second-order valence-corrected chi connectivity index (χ2v) is 4.32. The number of carbonyl (C=O) groups excluding carboxylic acids is 2. The molecule has 0 heterocycles. The number of hydrogen-bond acceptors (Lipinski definition) is 2. The van der Waals surface area contributed by atoms with E-state index in [2.05, 4.69) is 0 Å². The Kier molecular flexibility index (Phi) is 4.40. The molecule has 0 spiro atoms. The first kappa shape index (κ1) is 13.8. The highest BCUT2D eigenvalue weighted by atomic mass is 35.5. The number of amides is 2. The van der Waals surface area contributed by atoms with Crippen LogP contribution in [0.5, 0.6) is 0 Å². The summed E-state index contributed by atoms with van der Waals surface area (Å²) in [5, 5.41) is 0.509. The first-order valence-electron chi connectivity index (χ1n) is 4.28. The van der Waals surface area contributed by atoms with Crippen molar-refractivity contribution in [1.82, 2.24) is 0 Å². The van der Waals surface area contributed by atoms with Gasteiger partial charge in [-0.3, -0.25) is 9.59 Å². The lowest BCUT2D eigenvalue weighted by atomic mass is 10.0. The number of primary amides is 2. The summed E-state index contributed by atoms with van der Waals surface area (Å²) in [6.07, 6.45) is 0.864. The van der Waals surface area contributed by atoms with Crippen LogP contribution in [0.3, 0.4) is 0 Å². The SMILES string of the molecule is NC(=O)/C=C(\C(N)=O)c1c(Cl)cc(Cl)cc1Cl. The number of halogens is 3. The van der Waals surface area contributed by atoms with Gasteiger partial charge in [-0.1, -0.05) is 34.8 Å². The van der Waals surface area contributed by atoms with E-state index < -0.39 is 11.8 Å². The summed E-state index contributed by atoms with van der Waals surface area (Å²) in [6.45, 7) is 0. The summed E-state index contributed by atoms with van der Waals surface area (Å²) in [5.41, 5.74) is 10.1. The molecule has 0 aromatic heterocycles. The van der Waals surface area contributed by atoms with Crippen LogP contribution < -0.4 is 11.5 Å². The first-order valence-corrected chi connectivity index (χ1v) is 5.42. The predicted molar refractivity (Wildman–Crippen MR) is 67.8 cm³/mol. The molecule has 1 rings (SSSR count). The Labute approximate surface area is 112 Å². The molecule has 0 aliphatic rings. The summed E-state index contributed by atoms with van der Waals surface area (Å²) in [4.78, 5) is 22.0. The van der Waals surface area contributed by atoms with Gasteiger partial charge in [0.15, 0.2) is 0 Å². The molecular formula is C10H7Cl3N2O2. The highest BCUT2D eigenvalue weighted by Crippen LogP contribution is 2.33. The van der Waals surface area contributed by atoms with Crippen molar-refractivity contribution in [1.29, 1.82) is 0 Å². The molecule has 7 heteroatoms. The van der Waals surface area contributed by atoms with Crippen molar-refractivity contribution in [3.05, 3.63) is 38.8 Å². The van der Waals surface area contributed by atoms with Crippen LogP contribution >= 0.6 is 34.8 Å². The normalized spacial score (nSPS) is 11.4. The topological polar surface area (TPSA) is 86.2 Å². The first-order chi connectivity index (χ1) is 7.82. The van der Waals surface area contributed by atoms with Gasteiger partial charge in [-0.25, -0.2) is 0 Å². The van der Waals surface area contributed by atoms with Crippen LogP contribution in [0.25, 0.3) is 5.57 Å². The van der Waals surface area contributed by atoms with Gasteiger partial charge in [0.1, 0.15) is 0 Å². The van der Waals surface area contributed by atoms with Crippen molar-refractivity contribution >= 4 is 52.2 Å². The third kappa shape index (κ3) is 3.36. The van der Waals surface area contributed by atoms with Crippen molar-refractivity contribution in [2.75, 3.05) is 0 Å². The van der Waals surface area contributed by atoms with Gasteiger partial charge >= 0.3 is 0 Å². The standard InChI is InChI=1S/C10H7Cl3N2O2/c11-4-1-6(12)9(7(13)2-4)5(10(15)17)3-8(14)16/h1-3H,(H2,14,16)(H2,15,17)/b5-3-. The number of benzene rings is 1. The lowest BCUT2D eigenvalue weighted by Crippen LogP contribution is -2.17. The van der Waals surface area contributed by atoms with E-state index in [1.807, 2.05) is 0 Å². The fourth-order valence-corrected chi connectivity index (χ4v) is 2.23. The van der Waals surface area contributed by atoms with Crippen LogP contribution in [0.1, 0.15) is 5.56 Å². The lowest BCUT2D eigenvalue weighted by molar-refractivity contribution is -0.115. The summed E-state index contributed by atoms with van der Waals surface area (Å²) in [6, 6.07) is 2.75. The van der Waals surface area contributed by atoms with Crippen LogP contribution in [0.15, 0.2) is 18.2 Å². The molecule has 0 aliphatic carbocycles. The fraction of sp³-hybridized carbons (Fsp3) is 0. The van der Waals surface area contributed by atoms with Crippen molar-refractivity contribution < 1.29 is 9.59 Å². The molecule has 17 heavy (non-hydrogen) atoms. The second kappa shape index (κ2) is 5.40. The van der Waals surface area contributed by atoms with Gasteiger partial charge in [0.2, 0.25) is 11.8 Å². The highest BCUT2D eigenvalue weighted by molar-refractivity contribution is 6.43. The van der Waals surface area contributed by atoms with Crippen molar-refractivity contribution in [3.63, 3.8) is 0 Å². The number of carbonyl (C=O) groups is 2. The van der Waals surface area contributed by atoms with E-state index in [9.17, 15) is 9.59 Å². The van der Waals surface area contributed by atoms with E-state index in [1.54, 1.807) is 0 Å². The minimum absolute atomic E-state index is 0.105. The van der Waals surface area contributed by atoms with Crippen LogP contribution in [-0.4, -0.2) is 11.8 Å². The number of hydrogen-bond donors (Lipinski definition) is 2. The number of rotatable bonds is 3. The molecule has 90 valence electrons. The Hall–Kier alpha value is -1.23. The zero-order valence-corrected chi connectivity index (χ0v) is 10.6. The van der Waals surface area contributed by atoms with Crippen molar-refractivity contribution in [3.8, 4) is 0 Å². The molecule has 0 fully saturated rings. The quantitative estimate of drug-likeness (QED) is 0.835. The summed E-state index contributed by atoms with van der Waals surface area (Å²) in [5.74, 6) is -1.70. The molecule has 4 nitrogen and oxygen atoms in total. The second-order valence-electron chi connectivity index (χ2n) is 3.07. The van der Waals surface area contributed by atoms with Gasteiger partial charge in [0, 0.05) is 16.7 Å². The van der Waals surface area contributed by atoms with Crippen LogP contribution in [0, 0.1) is 0 Å². The maximum Gasteiger partial charge on any atom is 0.249 e. The van der Waals surface area contributed by atoms with Gasteiger partial charge in [-0.2, -0.15) is 0 Å². The van der Waals surface area contributed by atoms with E-state index in [4.69, 9.17) is 46.3 Å². The Morgan fingerprint density at radius 1 is 1.06 bits per heavy atom. The van der Waals surface area contributed by atoms with Crippen molar-refractivity contribution in [2.24, 2.45) is 11.5 Å². The van der Waals surface area contributed by atoms with E-state index in [0.717, 1.165) is 6.08 Å². The molecule has 0 unspecified atom stereocenters. The highest BCUT2D eigenvalue weighted by Gasteiger charge is 2.17. The summed E-state index contributed by atoms with van der Waals surface area (Å²) in [7, 11) is 0. The largest absolute Gasteiger partial charge is 0.366 e. The predicted octanol–water partition coefficient (Wildman–Crippen LogP) is 2.00. The van der Waals surface area contributed by atoms with E-state index in [-0.39, 0.29) is 21.2 Å².